The van der Waals surface area contributed by atoms with Crippen molar-refractivity contribution in [2.24, 2.45) is 0 Å². The predicted molar refractivity (Wildman–Crippen MR) is 66.5 cm³/mol. The fourth-order valence-electron chi connectivity index (χ4n) is 1.40. The van der Waals surface area contributed by atoms with Crippen LogP contribution in [-0.2, 0) is 9.47 Å². The molecule has 0 N–H and O–H groups in total. The Bertz CT molecular complexity index is 327. The summed E-state index contributed by atoms with van der Waals surface area (Å²) in [6.45, 7) is 1.40. The van der Waals surface area contributed by atoms with E-state index in [1.807, 2.05) is 0 Å². The molecule has 4 heteroatoms. The van der Waals surface area contributed by atoms with E-state index in [-0.39, 0.29) is 6.29 Å². The van der Waals surface area contributed by atoms with Crippen LogP contribution in [0.4, 0.5) is 0 Å². The van der Waals surface area contributed by atoms with Crippen molar-refractivity contribution >= 4 is 30.0 Å². The molecule has 82 valence electrons. The van der Waals surface area contributed by atoms with Gasteiger partial charge in [-0.25, -0.2) is 0 Å². The molecule has 0 radical (unpaired) electrons. The second-order valence-corrected chi connectivity index (χ2v) is 4.66. The summed E-state index contributed by atoms with van der Waals surface area (Å²) in [5, 5.41) is 2.12. The number of hydrogen-bond donors (Lipinski definition) is 1. The summed E-state index contributed by atoms with van der Waals surface area (Å²) in [6, 6.07) is 2.12. The largest absolute Gasteiger partial charge is 0.345 e. The lowest BCUT2D eigenvalue weighted by Crippen LogP contribution is -1.93. The molecule has 1 aliphatic rings. The number of thiol groups is 1. The van der Waals surface area contributed by atoms with Crippen molar-refractivity contribution < 1.29 is 9.47 Å². The van der Waals surface area contributed by atoms with Gasteiger partial charge in [0.2, 0.25) is 0 Å². The summed E-state index contributed by atoms with van der Waals surface area (Å²) < 4.78 is 10.9. The van der Waals surface area contributed by atoms with Crippen LogP contribution in [-0.4, -0.2) is 19.0 Å². The molecule has 1 fully saturated rings. The van der Waals surface area contributed by atoms with Crippen LogP contribution < -0.4 is 0 Å². The summed E-state index contributed by atoms with van der Waals surface area (Å²) in [6.07, 6.45) is 5.12. The minimum absolute atomic E-state index is 0.137. The quantitative estimate of drug-likeness (QED) is 0.818. The van der Waals surface area contributed by atoms with Crippen LogP contribution >= 0.6 is 24.0 Å². The van der Waals surface area contributed by atoms with Crippen LogP contribution in [0, 0.1) is 0 Å². The maximum atomic E-state index is 5.43. The van der Waals surface area contributed by atoms with Gasteiger partial charge in [-0.1, -0.05) is 12.2 Å². The smallest absolute Gasteiger partial charge is 0.193 e. The van der Waals surface area contributed by atoms with Crippen molar-refractivity contribution in [1.29, 1.82) is 0 Å². The number of allylic oxidation sites excluding steroid dienone is 1. The van der Waals surface area contributed by atoms with Gasteiger partial charge in [-0.2, -0.15) is 12.6 Å². The van der Waals surface area contributed by atoms with Gasteiger partial charge < -0.3 is 9.47 Å². The summed E-state index contributed by atoms with van der Waals surface area (Å²) in [5.74, 6) is 0.891. The molecule has 1 aromatic rings. The molecule has 0 aromatic carbocycles. The molecule has 0 bridgehead atoms. The monoisotopic (exact) mass is 242 g/mol. The second-order valence-electron chi connectivity index (χ2n) is 3.27. The Morgan fingerprint density at radius 1 is 1.47 bits per heavy atom. The summed E-state index contributed by atoms with van der Waals surface area (Å²) >= 11 is 5.84. The van der Waals surface area contributed by atoms with E-state index >= 15 is 0 Å². The minimum Gasteiger partial charge on any atom is -0.345 e. The van der Waals surface area contributed by atoms with E-state index in [0.29, 0.717) is 13.2 Å². The molecule has 2 heterocycles. The topological polar surface area (TPSA) is 18.5 Å². The van der Waals surface area contributed by atoms with Gasteiger partial charge in [-0.15, -0.1) is 11.3 Å². The molecule has 0 amide bonds. The predicted octanol–water partition coefficient (Wildman–Crippen LogP) is 3.13. The Balaban J connectivity index is 1.97. The van der Waals surface area contributed by atoms with E-state index in [1.165, 1.54) is 5.56 Å². The molecule has 0 unspecified atom stereocenters. The standard InChI is InChI=1S/C11H14O2S2/c14-6-2-1-3-9-7-10(15-8-9)11-12-4-5-13-11/h1,3,7-8,11,14H,2,4-6H2. The van der Waals surface area contributed by atoms with Crippen LogP contribution in [0.2, 0.25) is 0 Å². The summed E-state index contributed by atoms with van der Waals surface area (Å²) in [4.78, 5) is 1.15. The Labute approximate surface area is 99.3 Å². The highest BCUT2D eigenvalue weighted by molar-refractivity contribution is 7.80. The van der Waals surface area contributed by atoms with E-state index < -0.39 is 0 Å². The highest BCUT2D eigenvalue weighted by Gasteiger charge is 2.19. The first-order valence-corrected chi connectivity index (χ1v) is 6.50. The average molecular weight is 242 g/mol. The molecule has 0 saturated carbocycles. The van der Waals surface area contributed by atoms with Gasteiger partial charge in [0.25, 0.3) is 0 Å². The lowest BCUT2D eigenvalue weighted by Gasteiger charge is -2.04. The van der Waals surface area contributed by atoms with Crippen molar-refractivity contribution in [3.8, 4) is 0 Å². The van der Waals surface area contributed by atoms with Crippen LogP contribution in [0.3, 0.4) is 0 Å². The lowest BCUT2D eigenvalue weighted by molar-refractivity contribution is -0.0413. The third kappa shape index (κ3) is 3.08. The Hall–Kier alpha value is -0.290. The Morgan fingerprint density at radius 3 is 3.00 bits per heavy atom. The first kappa shape index (κ1) is 11.2. The zero-order chi connectivity index (χ0) is 10.5. The van der Waals surface area contributed by atoms with Crippen LogP contribution in [0.1, 0.15) is 23.2 Å². The molecular formula is C11H14O2S2. The average Bonchev–Trinajstić information content (AvgIpc) is 2.87. The van der Waals surface area contributed by atoms with Crippen molar-refractivity contribution in [1.82, 2.24) is 0 Å². The summed E-state index contributed by atoms with van der Waals surface area (Å²) in [5.41, 5.74) is 1.22. The molecule has 1 saturated heterocycles. The van der Waals surface area contributed by atoms with Gasteiger partial charge >= 0.3 is 0 Å². The normalized spacial score (nSPS) is 17.9. The fraction of sp³-hybridized carbons (Fsp3) is 0.455. The zero-order valence-electron chi connectivity index (χ0n) is 8.39. The van der Waals surface area contributed by atoms with Crippen molar-refractivity contribution in [2.45, 2.75) is 12.7 Å². The maximum absolute atomic E-state index is 5.43. The zero-order valence-corrected chi connectivity index (χ0v) is 10.1. The van der Waals surface area contributed by atoms with Crippen molar-refractivity contribution in [3.05, 3.63) is 28.0 Å². The fourth-order valence-corrected chi connectivity index (χ4v) is 2.42. The second kappa shape index (κ2) is 5.70. The van der Waals surface area contributed by atoms with Gasteiger partial charge in [0.05, 0.1) is 18.1 Å². The van der Waals surface area contributed by atoms with Crippen LogP contribution in [0.25, 0.3) is 6.08 Å². The van der Waals surface area contributed by atoms with Gasteiger partial charge in [0.15, 0.2) is 6.29 Å². The van der Waals surface area contributed by atoms with Gasteiger partial charge in [0.1, 0.15) is 0 Å². The van der Waals surface area contributed by atoms with Crippen molar-refractivity contribution in [2.75, 3.05) is 19.0 Å². The van der Waals surface area contributed by atoms with E-state index in [4.69, 9.17) is 9.47 Å². The maximum Gasteiger partial charge on any atom is 0.193 e. The highest BCUT2D eigenvalue weighted by Crippen LogP contribution is 2.29. The van der Waals surface area contributed by atoms with Crippen molar-refractivity contribution in [3.63, 3.8) is 0 Å². The van der Waals surface area contributed by atoms with E-state index in [1.54, 1.807) is 11.3 Å². The number of ether oxygens (including phenoxy) is 2. The molecule has 0 spiro atoms. The lowest BCUT2D eigenvalue weighted by atomic mass is 10.2. The summed E-state index contributed by atoms with van der Waals surface area (Å²) in [7, 11) is 0. The molecule has 1 aliphatic heterocycles. The number of rotatable bonds is 4. The van der Waals surface area contributed by atoms with Gasteiger partial charge in [-0.3, -0.25) is 0 Å². The van der Waals surface area contributed by atoms with E-state index in [9.17, 15) is 0 Å². The Kier molecular flexibility index (Phi) is 4.26. The Morgan fingerprint density at radius 2 is 2.27 bits per heavy atom. The molecular weight excluding hydrogens is 228 g/mol. The molecule has 15 heavy (non-hydrogen) atoms. The van der Waals surface area contributed by atoms with Crippen LogP contribution in [0.5, 0.6) is 0 Å². The van der Waals surface area contributed by atoms with Gasteiger partial charge in [-0.05, 0) is 29.2 Å². The third-order valence-electron chi connectivity index (χ3n) is 2.10. The SMILES string of the molecule is SCCC=Cc1csc(C2OCCO2)c1. The first-order valence-electron chi connectivity index (χ1n) is 4.99. The molecule has 0 atom stereocenters. The molecule has 0 aliphatic carbocycles. The molecule has 1 aromatic heterocycles. The minimum atomic E-state index is -0.137. The molecule has 2 rings (SSSR count). The van der Waals surface area contributed by atoms with Gasteiger partial charge in [0, 0.05) is 0 Å². The van der Waals surface area contributed by atoms with E-state index in [0.717, 1.165) is 17.1 Å². The number of hydrogen-bond acceptors (Lipinski definition) is 4. The van der Waals surface area contributed by atoms with Crippen LogP contribution in [0.15, 0.2) is 17.5 Å². The highest BCUT2D eigenvalue weighted by atomic mass is 32.1. The first-order chi connectivity index (χ1) is 7.40. The number of thiophene rings is 1. The third-order valence-corrected chi connectivity index (χ3v) is 3.33. The molecule has 2 nitrogen and oxygen atoms in total. The van der Waals surface area contributed by atoms with E-state index in [2.05, 4.69) is 36.2 Å².